The number of ether oxygens (including phenoxy) is 2. The molecule has 3 rings (SSSR count). The molecular weight excluding hydrogens is 361 g/mol. The molecule has 0 radical (unpaired) electrons. The molecule has 132 valence electrons. The minimum Gasteiger partial charge on any atom is -0.497 e. The van der Waals surface area contributed by atoms with Crippen molar-refractivity contribution < 1.29 is 14.3 Å². The van der Waals surface area contributed by atoms with Crippen LogP contribution in [-0.4, -0.2) is 31.6 Å². The number of carbonyl (C=O) groups excluding carboxylic acids is 1. The number of hydrogen-bond acceptors (Lipinski definition) is 3. The Hall–Kier alpha value is -1.91. The van der Waals surface area contributed by atoms with E-state index in [-0.39, 0.29) is 11.9 Å². The van der Waals surface area contributed by atoms with Crippen LogP contribution >= 0.6 is 23.2 Å². The molecule has 25 heavy (non-hydrogen) atoms. The summed E-state index contributed by atoms with van der Waals surface area (Å²) in [6.45, 7) is 0.669. The Morgan fingerprint density at radius 2 is 1.92 bits per heavy atom. The van der Waals surface area contributed by atoms with Gasteiger partial charge in [0.1, 0.15) is 11.5 Å². The number of rotatable bonds is 4. The Morgan fingerprint density at radius 3 is 2.60 bits per heavy atom. The van der Waals surface area contributed by atoms with Gasteiger partial charge in [-0.2, -0.15) is 0 Å². The average Bonchev–Trinajstić information content (AvgIpc) is 3.10. The zero-order chi connectivity index (χ0) is 18.0. The summed E-state index contributed by atoms with van der Waals surface area (Å²) < 4.78 is 10.8. The number of halogens is 2. The third kappa shape index (κ3) is 3.55. The average molecular weight is 380 g/mol. The highest BCUT2D eigenvalue weighted by Gasteiger charge is 2.33. The van der Waals surface area contributed by atoms with E-state index in [9.17, 15) is 4.79 Å². The minimum atomic E-state index is -0.103. The third-order valence-corrected chi connectivity index (χ3v) is 5.02. The molecule has 2 aromatic carbocycles. The van der Waals surface area contributed by atoms with Crippen LogP contribution in [-0.2, 0) is 0 Å². The lowest BCUT2D eigenvalue weighted by molar-refractivity contribution is 0.0734. The first kappa shape index (κ1) is 17.9. The maximum atomic E-state index is 13.0. The van der Waals surface area contributed by atoms with Crippen molar-refractivity contribution in [2.45, 2.75) is 18.9 Å². The van der Waals surface area contributed by atoms with Crippen molar-refractivity contribution >= 4 is 29.1 Å². The van der Waals surface area contributed by atoms with Gasteiger partial charge in [0, 0.05) is 17.1 Å². The monoisotopic (exact) mass is 379 g/mol. The second-order valence-electron chi connectivity index (χ2n) is 5.89. The Labute approximate surface area is 157 Å². The summed E-state index contributed by atoms with van der Waals surface area (Å²) in [5.41, 5.74) is 1.40. The van der Waals surface area contributed by atoms with E-state index in [1.165, 1.54) is 0 Å². The Morgan fingerprint density at radius 1 is 1.12 bits per heavy atom. The molecule has 0 saturated carbocycles. The fraction of sp³-hybridized carbons (Fsp3) is 0.316. The summed E-state index contributed by atoms with van der Waals surface area (Å²) in [6.07, 6.45) is 1.78. The van der Waals surface area contributed by atoms with Gasteiger partial charge in [0.25, 0.3) is 5.91 Å². The second kappa shape index (κ2) is 7.54. The van der Waals surface area contributed by atoms with Gasteiger partial charge in [-0.15, -0.1) is 0 Å². The molecule has 0 spiro atoms. The summed E-state index contributed by atoms with van der Waals surface area (Å²) in [5.74, 6) is 1.38. The fourth-order valence-corrected chi connectivity index (χ4v) is 3.74. The number of likely N-dealkylation sites (tertiary alicyclic amines) is 1. The topological polar surface area (TPSA) is 38.8 Å². The van der Waals surface area contributed by atoms with E-state index in [0.717, 1.165) is 29.9 Å². The summed E-state index contributed by atoms with van der Waals surface area (Å²) >= 11 is 12.2. The molecule has 0 unspecified atom stereocenters. The molecule has 1 amide bonds. The third-order valence-electron chi connectivity index (χ3n) is 4.47. The highest BCUT2D eigenvalue weighted by atomic mass is 35.5. The first-order valence-electron chi connectivity index (χ1n) is 8.03. The van der Waals surface area contributed by atoms with Crippen LogP contribution in [0.25, 0.3) is 0 Å². The molecule has 1 aliphatic rings. The van der Waals surface area contributed by atoms with E-state index in [2.05, 4.69) is 0 Å². The lowest BCUT2D eigenvalue weighted by Gasteiger charge is -2.27. The molecular formula is C19H19Cl2NO3. The first-order valence-corrected chi connectivity index (χ1v) is 8.78. The molecule has 1 atom stereocenters. The van der Waals surface area contributed by atoms with Crippen LogP contribution in [0.15, 0.2) is 36.4 Å². The van der Waals surface area contributed by atoms with E-state index in [0.29, 0.717) is 22.2 Å². The smallest absolute Gasteiger partial charge is 0.255 e. The number of carbonyl (C=O) groups is 1. The van der Waals surface area contributed by atoms with Crippen molar-refractivity contribution in [3.63, 3.8) is 0 Å². The van der Waals surface area contributed by atoms with E-state index < -0.39 is 0 Å². The largest absolute Gasteiger partial charge is 0.497 e. The summed E-state index contributed by atoms with van der Waals surface area (Å²) in [6, 6.07) is 10.5. The number of amides is 1. The fourth-order valence-electron chi connectivity index (χ4n) is 3.25. The van der Waals surface area contributed by atoms with Crippen LogP contribution in [0.4, 0.5) is 0 Å². The van der Waals surface area contributed by atoms with Crippen molar-refractivity contribution in [2.75, 3.05) is 20.8 Å². The maximum Gasteiger partial charge on any atom is 0.255 e. The second-order valence-corrected chi connectivity index (χ2v) is 6.73. The van der Waals surface area contributed by atoms with Gasteiger partial charge in [-0.1, -0.05) is 23.2 Å². The van der Waals surface area contributed by atoms with Gasteiger partial charge in [0.15, 0.2) is 0 Å². The highest BCUT2D eigenvalue weighted by molar-refractivity contribution is 6.36. The van der Waals surface area contributed by atoms with Gasteiger partial charge >= 0.3 is 0 Å². The lowest BCUT2D eigenvalue weighted by atomic mass is 10.0. The molecule has 4 nitrogen and oxygen atoms in total. The summed E-state index contributed by atoms with van der Waals surface area (Å²) in [4.78, 5) is 14.9. The van der Waals surface area contributed by atoms with Gasteiger partial charge in [-0.05, 0) is 49.2 Å². The van der Waals surface area contributed by atoms with Crippen molar-refractivity contribution in [1.82, 2.24) is 4.90 Å². The highest BCUT2D eigenvalue weighted by Crippen LogP contribution is 2.40. The van der Waals surface area contributed by atoms with E-state index in [4.69, 9.17) is 32.7 Å². The standard InChI is InChI=1S/C19H19Cl2NO3/c1-24-13-6-8-18(25-2)15(11-13)17-4-3-9-22(17)19(23)14-7-5-12(20)10-16(14)21/h5-8,10-11,17H,3-4,9H2,1-2H3/t17-/m0/s1. The van der Waals surface area contributed by atoms with Crippen molar-refractivity contribution in [3.8, 4) is 11.5 Å². The maximum absolute atomic E-state index is 13.0. The molecule has 2 aromatic rings. The number of methoxy groups -OCH3 is 2. The van der Waals surface area contributed by atoms with Crippen LogP contribution in [0.5, 0.6) is 11.5 Å². The molecule has 6 heteroatoms. The van der Waals surface area contributed by atoms with Crippen LogP contribution in [0.1, 0.15) is 34.8 Å². The Kier molecular flexibility index (Phi) is 5.40. The summed E-state index contributed by atoms with van der Waals surface area (Å²) in [5, 5.41) is 0.870. The van der Waals surface area contributed by atoms with Crippen LogP contribution in [0.3, 0.4) is 0 Å². The SMILES string of the molecule is COc1ccc(OC)c([C@@H]2CCCN2C(=O)c2ccc(Cl)cc2Cl)c1. The molecule has 0 N–H and O–H groups in total. The van der Waals surface area contributed by atoms with E-state index >= 15 is 0 Å². The lowest BCUT2D eigenvalue weighted by Crippen LogP contribution is -2.31. The van der Waals surface area contributed by atoms with Crippen LogP contribution in [0.2, 0.25) is 10.0 Å². The number of benzene rings is 2. The van der Waals surface area contributed by atoms with Crippen molar-refractivity contribution in [3.05, 3.63) is 57.6 Å². The van der Waals surface area contributed by atoms with E-state index in [1.807, 2.05) is 23.1 Å². The minimum absolute atomic E-state index is 0.0794. The molecule has 0 aliphatic carbocycles. The van der Waals surface area contributed by atoms with Gasteiger partial charge < -0.3 is 14.4 Å². The van der Waals surface area contributed by atoms with Gasteiger partial charge in [0.05, 0.1) is 30.8 Å². The predicted octanol–water partition coefficient (Wildman–Crippen LogP) is 4.99. The van der Waals surface area contributed by atoms with Gasteiger partial charge in [-0.3, -0.25) is 4.79 Å². The number of nitrogens with zero attached hydrogens (tertiary/aromatic N) is 1. The molecule has 1 fully saturated rings. The summed E-state index contributed by atoms with van der Waals surface area (Å²) in [7, 11) is 3.25. The normalized spacial score (nSPS) is 16.8. The number of hydrogen-bond donors (Lipinski definition) is 0. The van der Waals surface area contributed by atoms with Crippen molar-refractivity contribution in [1.29, 1.82) is 0 Å². The zero-order valence-electron chi connectivity index (χ0n) is 14.1. The first-order chi connectivity index (χ1) is 12.0. The van der Waals surface area contributed by atoms with Crippen LogP contribution in [0, 0.1) is 0 Å². The quantitative estimate of drug-likeness (QED) is 0.750. The molecule has 1 heterocycles. The van der Waals surface area contributed by atoms with Gasteiger partial charge in [-0.25, -0.2) is 0 Å². The molecule has 0 aromatic heterocycles. The van der Waals surface area contributed by atoms with Gasteiger partial charge in [0.2, 0.25) is 0 Å². The molecule has 0 bridgehead atoms. The predicted molar refractivity (Wildman–Crippen MR) is 99.0 cm³/mol. The molecule has 1 saturated heterocycles. The molecule has 1 aliphatic heterocycles. The van der Waals surface area contributed by atoms with Crippen molar-refractivity contribution in [2.24, 2.45) is 0 Å². The van der Waals surface area contributed by atoms with E-state index in [1.54, 1.807) is 32.4 Å². The Bertz CT molecular complexity index is 794. The van der Waals surface area contributed by atoms with Crippen LogP contribution < -0.4 is 9.47 Å². The zero-order valence-corrected chi connectivity index (χ0v) is 15.6. The Balaban J connectivity index is 1.96.